The fourth-order valence-electron chi connectivity index (χ4n) is 1.96. The van der Waals surface area contributed by atoms with E-state index in [-0.39, 0.29) is 22.4 Å². The monoisotopic (exact) mass is 299 g/mol. The third kappa shape index (κ3) is 3.29. The fraction of sp³-hybridized carbons (Fsp3) is 0.0625. The lowest BCUT2D eigenvalue weighted by atomic mass is 10.0. The Morgan fingerprint density at radius 1 is 0.909 bits per heavy atom. The molecule has 0 saturated heterocycles. The van der Waals surface area contributed by atoms with Crippen molar-refractivity contribution in [3.8, 4) is 0 Å². The summed E-state index contributed by atoms with van der Waals surface area (Å²) in [6.07, 6.45) is 0. The lowest BCUT2D eigenvalue weighted by Gasteiger charge is -2.09. The van der Waals surface area contributed by atoms with E-state index in [9.17, 15) is 14.4 Å². The molecule has 2 aromatic rings. The van der Waals surface area contributed by atoms with Crippen molar-refractivity contribution in [2.75, 3.05) is 5.32 Å². The van der Waals surface area contributed by atoms with Crippen LogP contribution in [0.2, 0.25) is 0 Å². The number of nitrogens with one attached hydrogen (secondary N) is 1. The molecule has 6 nitrogen and oxygen atoms in total. The molecule has 1 amide bonds. The minimum atomic E-state index is -1.20. The summed E-state index contributed by atoms with van der Waals surface area (Å²) in [4.78, 5) is 34.3. The van der Waals surface area contributed by atoms with E-state index in [0.29, 0.717) is 0 Å². The summed E-state index contributed by atoms with van der Waals surface area (Å²) >= 11 is 0. The van der Waals surface area contributed by atoms with E-state index in [1.54, 1.807) is 13.0 Å². The molecule has 112 valence electrons. The van der Waals surface area contributed by atoms with Gasteiger partial charge in [-0.2, -0.15) is 0 Å². The molecule has 0 aromatic heterocycles. The molecule has 0 aliphatic carbocycles. The van der Waals surface area contributed by atoms with E-state index in [2.05, 4.69) is 5.32 Å². The van der Waals surface area contributed by atoms with Crippen LogP contribution < -0.4 is 5.32 Å². The van der Waals surface area contributed by atoms with Crippen molar-refractivity contribution in [1.82, 2.24) is 0 Å². The van der Waals surface area contributed by atoms with Gasteiger partial charge in [0.2, 0.25) is 0 Å². The van der Waals surface area contributed by atoms with Gasteiger partial charge in [-0.1, -0.05) is 17.7 Å². The first kappa shape index (κ1) is 15.2. The Morgan fingerprint density at radius 2 is 1.64 bits per heavy atom. The maximum Gasteiger partial charge on any atom is 0.336 e. The SMILES string of the molecule is Cc1ccc(C(=O)Nc2cccc(C(=O)O)c2)c(C(=O)O)c1. The highest BCUT2D eigenvalue weighted by Crippen LogP contribution is 2.16. The van der Waals surface area contributed by atoms with Crippen LogP contribution in [0.4, 0.5) is 5.69 Å². The number of benzene rings is 2. The molecule has 0 atom stereocenters. The van der Waals surface area contributed by atoms with Crippen LogP contribution in [0, 0.1) is 6.92 Å². The Balaban J connectivity index is 2.32. The molecular formula is C16H13NO5. The fourth-order valence-corrected chi connectivity index (χ4v) is 1.96. The van der Waals surface area contributed by atoms with Gasteiger partial charge in [0, 0.05) is 5.69 Å². The Kier molecular flexibility index (Phi) is 4.22. The predicted octanol–water partition coefficient (Wildman–Crippen LogP) is 2.64. The van der Waals surface area contributed by atoms with E-state index < -0.39 is 17.8 Å². The lowest BCUT2D eigenvalue weighted by molar-refractivity contribution is 0.0685. The molecule has 0 unspecified atom stereocenters. The number of carboxylic acids is 2. The van der Waals surface area contributed by atoms with Crippen molar-refractivity contribution < 1.29 is 24.6 Å². The zero-order valence-electron chi connectivity index (χ0n) is 11.7. The average Bonchev–Trinajstić information content (AvgIpc) is 2.47. The zero-order valence-corrected chi connectivity index (χ0v) is 11.7. The van der Waals surface area contributed by atoms with Crippen molar-refractivity contribution in [1.29, 1.82) is 0 Å². The van der Waals surface area contributed by atoms with Crippen molar-refractivity contribution >= 4 is 23.5 Å². The topological polar surface area (TPSA) is 104 Å². The molecule has 0 spiro atoms. The molecule has 0 fully saturated rings. The van der Waals surface area contributed by atoms with Gasteiger partial charge in [0.1, 0.15) is 0 Å². The number of hydrogen-bond donors (Lipinski definition) is 3. The number of carboxylic acid groups (broad SMARTS) is 2. The number of amides is 1. The summed E-state index contributed by atoms with van der Waals surface area (Å²) in [5.41, 5.74) is 0.939. The number of rotatable bonds is 4. The Hall–Kier alpha value is -3.15. The van der Waals surface area contributed by atoms with E-state index in [1.807, 2.05) is 0 Å². The third-order valence-electron chi connectivity index (χ3n) is 3.02. The number of aromatic carboxylic acids is 2. The molecule has 0 saturated carbocycles. The van der Waals surface area contributed by atoms with E-state index in [1.165, 1.54) is 36.4 Å². The molecule has 2 aromatic carbocycles. The quantitative estimate of drug-likeness (QED) is 0.805. The Morgan fingerprint density at radius 3 is 2.27 bits per heavy atom. The summed E-state index contributed by atoms with van der Waals surface area (Å²) in [5, 5.41) is 20.6. The van der Waals surface area contributed by atoms with E-state index in [4.69, 9.17) is 10.2 Å². The third-order valence-corrected chi connectivity index (χ3v) is 3.02. The largest absolute Gasteiger partial charge is 0.478 e. The summed E-state index contributed by atoms with van der Waals surface area (Å²) in [7, 11) is 0. The summed E-state index contributed by atoms with van der Waals surface area (Å²) in [6, 6.07) is 10.2. The van der Waals surface area contributed by atoms with Gasteiger partial charge in [-0.25, -0.2) is 9.59 Å². The van der Waals surface area contributed by atoms with E-state index in [0.717, 1.165) is 5.56 Å². The summed E-state index contributed by atoms with van der Waals surface area (Å²) in [5.74, 6) is -2.93. The molecule has 0 radical (unpaired) electrons. The first-order chi connectivity index (χ1) is 10.4. The number of hydrogen-bond acceptors (Lipinski definition) is 3. The maximum atomic E-state index is 12.2. The smallest absolute Gasteiger partial charge is 0.336 e. The normalized spacial score (nSPS) is 10.0. The Bertz CT molecular complexity index is 767. The van der Waals surface area contributed by atoms with Crippen LogP contribution in [0.1, 0.15) is 36.6 Å². The minimum absolute atomic E-state index is 0.0128. The molecular weight excluding hydrogens is 286 g/mol. The van der Waals surface area contributed by atoms with Crippen LogP contribution in [0.25, 0.3) is 0 Å². The summed E-state index contributed by atoms with van der Waals surface area (Å²) < 4.78 is 0. The van der Waals surface area contributed by atoms with Crippen molar-refractivity contribution in [3.63, 3.8) is 0 Å². The first-order valence-corrected chi connectivity index (χ1v) is 6.37. The second-order valence-electron chi connectivity index (χ2n) is 4.69. The number of carbonyl (C=O) groups is 3. The molecule has 0 aliphatic rings. The van der Waals surface area contributed by atoms with Gasteiger partial charge >= 0.3 is 11.9 Å². The highest BCUT2D eigenvalue weighted by molar-refractivity contribution is 6.11. The van der Waals surface area contributed by atoms with Gasteiger partial charge in [0.05, 0.1) is 16.7 Å². The van der Waals surface area contributed by atoms with Crippen LogP contribution in [0.15, 0.2) is 42.5 Å². The Labute approximate surface area is 126 Å². The van der Waals surface area contributed by atoms with Crippen molar-refractivity contribution in [2.24, 2.45) is 0 Å². The average molecular weight is 299 g/mol. The first-order valence-electron chi connectivity index (χ1n) is 6.37. The van der Waals surface area contributed by atoms with Gasteiger partial charge in [-0.05, 0) is 37.3 Å². The molecule has 6 heteroatoms. The van der Waals surface area contributed by atoms with Crippen LogP contribution in [-0.2, 0) is 0 Å². The van der Waals surface area contributed by atoms with Gasteiger partial charge in [-0.3, -0.25) is 4.79 Å². The van der Waals surface area contributed by atoms with Crippen LogP contribution >= 0.6 is 0 Å². The molecule has 0 bridgehead atoms. The zero-order chi connectivity index (χ0) is 16.3. The van der Waals surface area contributed by atoms with Gasteiger partial charge < -0.3 is 15.5 Å². The standard InChI is InChI=1S/C16H13NO5/c1-9-5-6-12(13(7-9)16(21)22)14(18)17-11-4-2-3-10(8-11)15(19)20/h2-8H,1H3,(H,17,18)(H,19,20)(H,21,22). The highest BCUT2D eigenvalue weighted by atomic mass is 16.4. The van der Waals surface area contributed by atoms with Gasteiger partial charge in [0.25, 0.3) is 5.91 Å². The van der Waals surface area contributed by atoms with Crippen LogP contribution in [-0.4, -0.2) is 28.1 Å². The summed E-state index contributed by atoms with van der Waals surface area (Å²) in [6.45, 7) is 1.73. The second-order valence-corrected chi connectivity index (χ2v) is 4.69. The molecule has 2 rings (SSSR count). The molecule has 3 N–H and O–H groups in total. The van der Waals surface area contributed by atoms with Crippen molar-refractivity contribution in [3.05, 3.63) is 64.7 Å². The van der Waals surface area contributed by atoms with Gasteiger partial charge in [-0.15, -0.1) is 0 Å². The van der Waals surface area contributed by atoms with Crippen molar-refractivity contribution in [2.45, 2.75) is 6.92 Å². The highest BCUT2D eigenvalue weighted by Gasteiger charge is 2.17. The minimum Gasteiger partial charge on any atom is -0.478 e. The number of carbonyl (C=O) groups excluding carboxylic acids is 1. The molecule has 22 heavy (non-hydrogen) atoms. The number of aryl methyl sites for hydroxylation is 1. The molecule has 0 aliphatic heterocycles. The van der Waals surface area contributed by atoms with Gasteiger partial charge in [0.15, 0.2) is 0 Å². The maximum absolute atomic E-state index is 12.2. The van der Waals surface area contributed by atoms with E-state index >= 15 is 0 Å². The van der Waals surface area contributed by atoms with Crippen LogP contribution in [0.5, 0.6) is 0 Å². The van der Waals surface area contributed by atoms with Crippen LogP contribution in [0.3, 0.4) is 0 Å². The lowest BCUT2D eigenvalue weighted by Crippen LogP contribution is -2.16. The second kappa shape index (κ2) is 6.09. The predicted molar refractivity (Wildman–Crippen MR) is 79.5 cm³/mol. The molecule has 0 heterocycles. The number of anilines is 1.